The molecule has 0 spiro atoms. The van der Waals surface area contributed by atoms with Gasteiger partial charge in [-0.05, 0) is 24.5 Å². The molecule has 0 radical (unpaired) electrons. The van der Waals surface area contributed by atoms with E-state index in [0.29, 0.717) is 6.42 Å². The van der Waals surface area contributed by atoms with Crippen molar-refractivity contribution in [2.24, 2.45) is 5.73 Å². The minimum atomic E-state index is 0.139. The highest BCUT2D eigenvalue weighted by molar-refractivity contribution is 5.75. The molecular formula is C14H25N3O. The number of amides is 1. The first kappa shape index (κ1) is 14.8. The molecule has 4 nitrogen and oxygen atoms in total. The van der Waals surface area contributed by atoms with Crippen molar-refractivity contribution >= 4 is 5.91 Å². The Morgan fingerprint density at radius 1 is 1.50 bits per heavy atom. The van der Waals surface area contributed by atoms with Gasteiger partial charge in [0.05, 0.1) is 0 Å². The standard InChI is InChI=1S/C14H25N3O/c1-4-6-13(15)12-8-10-17(11-12)9-5-7-14(18)16(2)3/h8,10-11,13H,4-7,9,15H2,1-3H3. The minimum Gasteiger partial charge on any atom is -0.354 e. The number of hydrogen-bond acceptors (Lipinski definition) is 2. The average Bonchev–Trinajstić information content (AvgIpc) is 2.78. The van der Waals surface area contributed by atoms with Crippen LogP contribution in [0.3, 0.4) is 0 Å². The Morgan fingerprint density at radius 3 is 2.83 bits per heavy atom. The summed E-state index contributed by atoms with van der Waals surface area (Å²) in [6.07, 6.45) is 7.73. The molecule has 4 heteroatoms. The topological polar surface area (TPSA) is 51.3 Å². The van der Waals surface area contributed by atoms with Crippen molar-refractivity contribution in [1.82, 2.24) is 9.47 Å². The Hall–Kier alpha value is -1.29. The molecule has 1 aromatic heterocycles. The molecule has 1 rings (SSSR count). The Balaban J connectivity index is 2.38. The summed E-state index contributed by atoms with van der Waals surface area (Å²) in [6.45, 7) is 3.02. The van der Waals surface area contributed by atoms with Gasteiger partial charge in [-0.2, -0.15) is 0 Å². The largest absolute Gasteiger partial charge is 0.354 e. The van der Waals surface area contributed by atoms with Gasteiger partial charge in [0.15, 0.2) is 0 Å². The summed E-state index contributed by atoms with van der Waals surface area (Å²) in [7, 11) is 3.58. The van der Waals surface area contributed by atoms with E-state index < -0.39 is 0 Å². The van der Waals surface area contributed by atoms with Crippen molar-refractivity contribution in [3.8, 4) is 0 Å². The fraction of sp³-hybridized carbons (Fsp3) is 0.643. The lowest BCUT2D eigenvalue weighted by Crippen LogP contribution is -2.21. The summed E-state index contributed by atoms with van der Waals surface area (Å²) in [5.74, 6) is 0.185. The highest BCUT2D eigenvalue weighted by Gasteiger charge is 2.07. The number of nitrogens with zero attached hydrogens (tertiary/aromatic N) is 2. The van der Waals surface area contributed by atoms with Gasteiger partial charge in [-0.15, -0.1) is 0 Å². The number of hydrogen-bond donors (Lipinski definition) is 1. The smallest absolute Gasteiger partial charge is 0.222 e. The Labute approximate surface area is 110 Å². The molecule has 0 aromatic carbocycles. The number of aryl methyl sites for hydroxylation is 1. The highest BCUT2D eigenvalue weighted by atomic mass is 16.2. The van der Waals surface area contributed by atoms with Gasteiger partial charge in [-0.3, -0.25) is 4.79 Å². The van der Waals surface area contributed by atoms with Gasteiger partial charge < -0.3 is 15.2 Å². The van der Waals surface area contributed by atoms with E-state index >= 15 is 0 Å². The summed E-state index contributed by atoms with van der Waals surface area (Å²) in [6, 6.07) is 2.22. The molecule has 0 fully saturated rings. The van der Waals surface area contributed by atoms with E-state index in [0.717, 1.165) is 25.8 Å². The van der Waals surface area contributed by atoms with Crippen LogP contribution in [0.15, 0.2) is 18.5 Å². The van der Waals surface area contributed by atoms with Crippen LogP contribution in [0.25, 0.3) is 0 Å². The van der Waals surface area contributed by atoms with Crippen LogP contribution < -0.4 is 5.73 Å². The van der Waals surface area contributed by atoms with E-state index in [1.807, 2.05) is 6.20 Å². The van der Waals surface area contributed by atoms with Crippen LogP contribution >= 0.6 is 0 Å². The molecule has 1 heterocycles. The average molecular weight is 251 g/mol. The molecule has 0 bridgehead atoms. The van der Waals surface area contributed by atoms with Crippen molar-refractivity contribution in [2.75, 3.05) is 14.1 Å². The maximum absolute atomic E-state index is 11.4. The predicted molar refractivity (Wildman–Crippen MR) is 74.2 cm³/mol. The molecule has 18 heavy (non-hydrogen) atoms. The van der Waals surface area contributed by atoms with Crippen molar-refractivity contribution in [3.63, 3.8) is 0 Å². The fourth-order valence-electron chi connectivity index (χ4n) is 1.93. The van der Waals surface area contributed by atoms with Crippen LogP contribution in [-0.2, 0) is 11.3 Å². The van der Waals surface area contributed by atoms with Gasteiger partial charge in [0.1, 0.15) is 0 Å². The molecular weight excluding hydrogens is 226 g/mol. The third-order valence-corrected chi connectivity index (χ3v) is 3.11. The molecule has 1 atom stereocenters. The van der Waals surface area contributed by atoms with Crippen LogP contribution in [0.2, 0.25) is 0 Å². The monoisotopic (exact) mass is 251 g/mol. The number of nitrogens with two attached hydrogens (primary N) is 1. The van der Waals surface area contributed by atoms with Crippen molar-refractivity contribution in [1.29, 1.82) is 0 Å². The van der Waals surface area contributed by atoms with Gasteiger partial charge in [0, 0.05) is 45.5 Å². The normalized spacial score (nSPS) is 12.4. The lowest BCUT2D eigenvalue weighted by atomic mass is 10.1. The molecule has 102 valence electrons. The number of carbonyl (C=O) groups excluding carboxylic acids is 1. The SMILES string of the molecule is CCCC(N)c1ccn(CCCC(=O)N(C)C)c1. The second-order valence-electron chi connectivity index (χ2n) is 4.97. The molecule has 0 aliphatic rings. The van der Waals surface area contributed by atoms with Crippen molar-refractivity contribution < 1.29 is 4.79 Å². The van der Waals surface area contributed by atoms with E-state index in [1.54, 1.807) is 19.0 Å². The molecule has 0 saturated heterocycles. The summed E-state index contributed by atoms with van der Waals surface area (Å²) in [5.41, 5.74) is 7.25. The maximum Gasteiger partial charge on any atom is 0.222 e. The predicted octanol–water partition coefficient (Wildman–Crippen LogP) is 2.16. The van der Waals surface area contributed by atoms with Gasteiger partial charge in [-0.25, -0.2) is 0 Å². The van der Waals surface area contributed by atoms with Crippen LogP contribution in [0.5, 0.6) is 0 Å². The van der Waals surface area contributed by atoms with E-state index in [4.69, 9.17) is 5.73 Å². The van der Waals surface area contributed by atoms with Gasteiger partial charge in [0.25, 0.3) is 0 Å². The molecule has 0 saturated carbocycles. The zero-order chi connectivity index (χ0) is 13.5. The second-order valence-corrected chi connectivity index (χ2v) is 4.97. The lowest BCUT2D eigenvalue weighted by Gasteiger charge is -2.10. The van der Waals surface area contributed by atoms with E-state index in [-0.39, 0.29) is 11.9 Å². The summed E-state index contributed by atoms with van der Waals surface area (Å²) >= 11 is 0. The van der Waals surface area contributed by atoms with Gasteiger partial charge >= 0.3 is 0 Å². The Bertz CT molecular complexity index is 371. The van der Waals surface area contributed by atoms with E-state index in [9.17, 15) is 4.79 Å². The van der Waals surface area contributed by atoms with Crippen molar-refractivity contribution in [3.05, 3.63) is 24.0 Å². The summed E-state index contributed by atoms with van der Waals surface area (Å²) in [4.78, 5) is 13.1. The number of carbonyl (C=O) groups is 1. The van der Waals surface area contributed by atoms with E-state index in [2.05, 4.69) is 23.8 Å². The maximum atomic E-state index is 11.4. The fourth-order valence-corrected chi connectivity index (χ4v) is 1.93. The van der Waals surface area contributed by atoms with Crippen LogP contribution in [0, 0.1) is 0 Å². The number of rotatable bonds is 7. The molecule has 2 N–H and O–H groups in total. The second kappa shape index (κ2) is 7.21. The Morgan fingerprint density at radius 2 is 2.22 bits per heavy atom. The third kappa shape index (κ3) is 4.53. The first-order valence-electron chi connectivity index (χ1n) is 6.66. The first-order chi connectivity index (χ1) is 8.54. The molecule has 1 unspecified atom stereocenters. The lowest BCUT2D eigenvalue weighted by molar-refractivity contribution is -0.128. The zero-order valence-corrected chi connectivity index (χ0v) is 11.7. The number of aromatic nitrogens is 1. The highest BCUT2D eigenvalue weighted by Crippen LogP contribution is 2.16. The molecule has 0 aliphatic carbocycles. The van der Waals surface area contributed by atoms with E-state index in [1.165, 1.54) is 5.56 Å². The molecule has 1 aromatic rings. The van der Waals surface area contributed by atoms with Crippen LogP contribution in [0.1, 0.15) is 44.2 Å². The van der Waals surface area contributed by atoms with Crippen LogP contribution in [-0.4, -0.2) is 29.5 Å². The Kier molecular flexibility index (Phi) is 5.92. The third-order valence-electron chi connectivity index (χ3n) is 3.11. The van der Waals surface area contributed by atoms with Crippen LogP contribution in [0.4, 0.5) is 0 Å². The molecule has 0 aliphatic heterocycles. The summed E-state index contributed by atoms with van der Waals surface area (Å²) < 4.78 is 2.12. The zero-order valence-electron chi connectivity index (χ0n) is 11.7. The first-order valence-corrected chi connectivity index (χ1v) is 6.66. The summed E-state index contributed by atoms with van der Waals surface area (Å²) in [5, 5.41) is 0. The van der Waals surface area contributed by atoms with Crippen molar-refractivity contribution in [2.45, 2.75) is 45.2 Å². The molecule has 1 amide bonds. The quantitative estimate of drug-likeness (QED) is 0.807. The van der Waals surface area contributed by atoms with Gasteiger partial charge in [-0.1, -0.05) is 13.3 Å². The minimum absolute atomic E-state index is 0.139. The van der Waals surface area contributed by atoms with Gasteiger partial charge in [0.2, 0.25) is 5.91 Å².